The summed E-state index contributed by atoms with van der Waals surface area (Å²) in [5, 5.41) is 3.74. The molecular formula is C21H14F4N4. The lowest BCUT2D eigenvalue weighted by molar-refractivity contribution is -0.137. The summed E-state index contributed by atoms with van der Waals surface area (Å²) in [5.41, 5.74) is 1.68. The van der Waals surface area contributed by atoms with Crippen molar-refractivity contribution in [3.63, 3.8) is 0 Å². The van der Waals surface area contributed by atoms with Gasteiger partial charge in [0.2, 0.25) is 0 Å². The fraction of sp³-hybridized carbons (Fsp3) is 0.0952. The molecule has 4 aromatic rings. The summed E-state index contributed by atoms with van der Waals surface area (Å²) in [5.74, 6) is -0.718. The molecule has 0 saturated carbocycles. The van der Waals surface area contributed by atoms with Crippen LogP contribution < -0.4 is 5.32 Å². The van der Waals surface area contributed by atoms with Gasteiger partial charge in [0.1, 0.15) is 18.0 Å². The van der Waals surface area contributed by atoms with Gasteiger partial charge in [-0.15, -0.1) is 0 Å². The van der Waals surface area contributed by atoms with Gasteiger partial charge in [-0.05, 0) is 37.3 Å². The maximum Gasteiger partial charge on any atom is 0.416 e. The maximum atomic E-state index is 14.2. The predicted octanol–water partition coefficient (Wildman–Crippen LogP) is 5.90. The molecular weight excluding hydrogens is 384 g/mol. The van der Waals surface area contributed by atoms with Crippen LogP contribution >= 0.6 is 0 Å². The molecule has 0 atom stereocenters. The van der Waals surface area contributed by atoms with Gasteiger partial charge in [-0.25, -0.2) is 14.4 Å². The Bertz CT molecular complexity index is 1200. The molecule has 0 radical (unpaired) electrons. The van der Waals surface area contributed by atoms with E-state index in [1.54, 1.807) is 13.1 Å². The van der Waals surface area contributed by atoms with E-state index < -0.39 is 17.6 Å². The molecule has 0 aliphatic heterocycles. The number of pyridine rings is 1. The summed E-state index contributed by atoms with van der Waals surface area (Å²) >= 11 is 0. The van der Waals surface area contributed by atoms with Gasteiger partial charge in [0.15, 0.2) is 0 Å². The highest BCUT2D eigenvalue weighted by atomic mass is 19.4. The molecule has 0 aliphatic carbocycles. The first-order valence-electron chi connectivity index (χ1n) is 8.63. The molecule has 0 unspecified atom stereocenters. The Balaban J connectivity index is 1.70. The van der Waals surface area contributed by atoms with Crippen LogP contribution in [0.4, 0.5) is 29.1 Å². The maximum absolute atomic E-state index is 14.2. The van der Waals surface area contributed by atoms with E-state index in [1.807, 2.05) is 30.3 Å². The minimum atomic E-state index is -4.61. The molecule has 0 saturated heterocycles. The fourth-order valence-electron chi connectivity index (χ4n) is 3.00. The van der Waals surface area contributed by atoms with Gasteiger partial charge in [-0.1, -0.05) is 18.2 Å². The predicted molar refractivity (Wildman–Crippen MR) is 102 cm³/mol. The third-order valence-electron chi connectivity index (χ3n) is 4.51. The monoisotopic (exact) mass is 398 g/mol. The molecule has 8 heteroatoms. The van der Waals surface area contributed by atoms with Crippen LogP contribution in [0.25, 0.3) is 22.2 Å². The molecule has 0 aliphatic rings. The molecule has 2 heterocycles. The van der Waals surface area contributed by atoms with Crippen molar-refractivity contribution >= 4 is 22.4 Å². The molecule has 4 nitrogen and oxygen atoms in total. The zero-order chi connectivity index (χ0) is 20.6. The van der Waals surface area contributed by atoms with Crippen molar-refractivity contribution in [2.75, 3.05) is 5.32 Å². The van der Waals surface area contributed by atoms with Crippen molar-refractivity contribution in [2.24, 2.45) is 0 Å². The van der Waals surface area contributed by atoms with Crippen LogP contribution in [0.15, 0.2) is 61.1 Å². The summed E-state index contributed by atoms with van der Waals surface area (Å²) in [6.07, 6.45) is -1.60. The molecule has 146 valence electrons. The summed E-state index contributed by atoms with van der Waals surface area (Å²) in [6, 6.07) is 11.8. The van der Waals surface area contributed by atoms with Gasteiger partial charge in [0.05, 0.1) is 22.5 Å². The van der Waals surface area contributed by atoms with Crippen LogP contribution in [0.3, 0.4) is 0 Å². The molecule has 2 aromatic carbocycles. The number of hydrogen-bond acceptors (Lipinski definition) is 4. The second kappa shape index (κ2) is 7.12. The van der Waals surface area contributed by atoms with Gasteiger partial charge >= 0.3 is 6.18 Å². The summed E-state index contributed by atoms with van der Waals surface area (Å²) in [4.78, 5) is 12.7. The molecule has 4 rings (SSSR count). The van der Waals surface area contributed by atoms with E-state index in [2.05, 4.69) is 20.3 Å². The van der Waals surface area contributed by atoms with Gasteiger partial charge < -0.3 is 5.32 Å². The van der Waals surface area contributed by atoms with Crippen LogP contribution in [0.5, 0.6) is 0 Å². The van der Waals surface area contributed by atoms with E-state index in [0.717, 1.165) is 28.6 Å². The number of alkyl halides is 3. The summed E-state index contributed by atoms with van der Waals surface area (Å²) in [6.45, 7) is 1.75. The number of hydrogen-bond donors (Lipinski definition) is 1. The van der Waals surface area contributed by atoms with E-state index >= 15 is 0 Å². The van der Waals surface area contributed by atoms with Crippen molar-refractivity contribution in [1.82, 2.24) is 15.0 Å². The average Bonchev–Trinajstić information content (AvgIpc) is 2.70. The van der Waals surface area contributed by atoms with Crippen molar-refractivity contribution in [1.29, 1.82) is 0 Å². The summed E-state index contributed by atoms with van der Waals surface area (Å²) in [7, 11) is 0. The van der Waals surface area contributed by atoms with Crippen LogP contribution in [0.1, 0.15) is 11.1 Å². The van der Waals surface area contributed by atoms with E-state index in [1.165, 1.54) is 6.33 Å². The number of rotatable bonds is 3. The Morgan fingerprint density at radius 1 is 0.931 bits per heavy atom. The number of halogens is 4. The average molecular weight is 398 g/mol. The van der Waals surface area contributed by atoms with E-state index in [4.69, 9.17) is 0 Å². The lowest BCUT2D eigenvalue weighted by Gasteiger charge is -2.14. The Labute approximate surface area is 163 Å². The number of nitrogens with one attached hydrogen (secondary N) is 1. The molecule has 2 aromatic heterocycles. The third kappa shape index (κ3) is 3.73. The molecule has 0 amide bonds. The van der Waals surface area contributed by atoms with Gasteiger partial charge in [0, 0.05) is 22.7 Å². The van der Waals surface area contributed by atoms with E-state index in [9.17, 15) is 17.6 Å². The number of aromatic nitrogens is 3. The van der Waals surface area contributed by atoms with Crippen molar-refractivity contribution in [2.45, 2.75) is 13.1 Å². The Morgan fingerprint density at radius 2 is 1.76 bits per heavy atom. The standard InChI is InChI=1S/C21H14F4N4/c1-12-19(14-5-4-13-3-2-8-26-18(13)9-14)27-11-28-20(12)29-17-7-6-15(10-16(17)22)21(23,24)25/h2-11H,1H3,(H,27,28,29). The number of benzene rings is 2. The van der Waals surface area contributed by atoms with Crippen LogP contribution in [-0.4, -0.2) is 15.0 Å². The highest BCUT2D eigenvalue weighted by molar-refractivity contribution is 5.84. The second-order valence-corrected chi connectivity index (χ2v) is 6.42. The molecule has 0 spiro atoms. The molecule has 29 heavy (non-hydrogen) atoms. The number of anilines is 2. The SMILES string of the molecule is Cc1c(Nc2ccc(C(F)(F)F)cc2F)ncnc1-c1ccc2cccnc2c1. The lowest BCUT2D eigenvalue weighted by atomic mass is 10.0. The first kappa shape index (κ1) is 18.8. The van der Waals surface area contributed by atoms with Crippen LogP contribution in [0.2, 0.25) is 0 Å². The van der Waals surface area contributed by atoms with Crippen LogP contribution in [-0.2, 0) is 6.18 Å². The molecule has 0 bridgehead atoms. The topological polar surface area (TPSA) is 50.7 Å². The first-order valence-corrected chi connectivity index (χ1v) is 8.63. The van der Waals surface area contributed by atoms with E-state index in [-0.39, 0.29) is 5.69 Å². The minimum absolute atomic E-state index is 0.106. The normalized spacial score (nSPS) is 11.6. The van der Waals surface area contributed by atoms with Crippen molar-refractivity contribution in [3.8, 4) is 11.3 Å². The third-order valence-corrected chi connectivity index (χ3v) is 4.51. The van der Waals surface area contributed by atoms with E-state index in [0.29, 0.717) is 23.1 Å². The molecule has 0 fully saturated rings. The largest absolute Gasteiger partial charge is 0.416 e. The lowest BCUT2D eigenvalue weighted by Crippen LogP contribution is -2.07. The van der Waals surface area contributed by atoms with Crippen LogP contribution in [0, 0.1) is 12.7 Å². The smallest absolute Gasteiger partial charge is 0.338 e. The van der Waals surface area contributed by atoms with Crippen molar-refractivity contribution in [3.05, 3.63) is 78.0 Å². The first-order chi connectivity index (χ1) is 13.8. The summed E-state index contributed by atoms with van der Waals surface area (Å²) < 4.78 is 52.4. The number of nitrogens with zero attached hydrogens (tertiary/aromatic N) is 3. The van der Waals surface area contributed by atoms with Gasteiger partial charge in [0.25, 0.3) is 0 Å². The number of fused-ring (bicyclic) bond motifs is 1. The van der Waals surface area contributed by atoms with Crippen molar-refractivity contribution < 1.29 is 17.6 Å². The Kier molecular flexibility index (Phi) is 4.62. The zero-order valence-electron chi connectivity index (χ0n) is 15.1. The highest BCUT2D eigenvalue weighted by Gasteiger charge is 2.31. The van der Waals surface area contributed by atoms with Gasteiger partial charge in [-0.2, -0.15) is 13.2 Å². The molecule has 1 N–H and O–H groups in total. The highest BCUT2D eigenvalue weighted by Crippen LogP contribution is 2.33. The Hall–Kier alpha value is -3.55. The fourth-order valence-corrected chi connectivity index (χ4v) is 3.00. The second-order valence-electron chi connectivity index (χ2n) is 6.42. The Morgan fingerprint density at radius 3 is 2.52 bits per heavy atom. The minimum Gasteiger partial charge on any atom is -0.338 e. The van der Waals surface area contributed by atoms with Gasteiger partial charge in [-0.3, -0.25) is 4.98 Å². The quantitative estimate of drug-likeness (QED) is 0.437. The zero-order valence-corrected chi connectivity index (χ0v) is 15.1.